The molecule has 0 bridgehead atoms. The third kappa shape index (κ3) is 62.3. The third-order valence-corrected chi connectivity index (χ3v) is 16.3. The summed E-state index contributed by atoms with van der Waals surface area (Å²) < 4.78 is 22.9. The first kappa shape index (κ1) is 82.7. The van der Waals surface area contributed by atoms with Crippen molar-refractivity contribution >= 4 is 23.9 Å². The fraction of sp³-hybridized carbons (Fsp3) is 0.840. The molecule has 3 N–H and O–H groups in total. The maximum atomic E-state index is 13.0. The van der Waals surface area contributed by atoms with Gasteiger partial charge in [-0.2, -0.15) is 0 Å². The van der Waals surface area contributed by atoms with Crippen molar-refractivity contribution in [1.82, 2.24) is 0 Å². The SMILES string of the molecule is CCCCCC[C@@H](O)C/C=C\CCCCCCCC(=O)OCC(COC(=O)CCCCCCC/C=C\C[C@@H](CCCCCC)OC(=O)CCCCCCC/C=C\C[C@H](O)CCCCCC)OC(=O)CCCCCCC/C=C\C[C@H](O)CCCCCC. The van der Waals surface area contributed by atoms with Crippen LogP contribution in [0.2, 0.25) is 0 Å². The molecule has 0 aromatic rings. The topological polar surface area (TPSA) is 166 Å². The van der Waals surface area contributed by atoms with Crippen LogP contribution in [0.4, 0.5) is 0 Å². The molecule has 0 spiro atoms. The Morgan fingerprint density at radius 3 is 0.860 bits per heavy atom. The average Bonchev–Trinajstić information content (AvgIpc) is 3.56. The van der Waals surface area contributed by atoms with Crippen LogP contribution in [-0.2, 0) is 38.1 Å². The molecule has 1 unspecified atom stereocenters. The van der Waals surface area contributed by atoms with E-state index in [9.17, 15) is 34.5 Å². The maximum absolute atomic E-state index is 13.0. The highest BCUT2D eigenvalue weighted by Crippen LogP contribution is 2.19. The fourth-order valence-electron chi connectivity index (χ4n) is 10.6. The van der Waals surface area contributed by atoms with Crippen LogP contribution in [-0.4, -0.2) is 82.9 Å². The van der Waals surface area contributed by atoms with Crippen LogP contribution < -0.4 is 0 Å². The van der Waals surface area contributed by atoms with Gasteiger partial charge in [0.05, 0.1) is 18.3 Å². The van der Waals surface area contributed by atoms with Crippen LogP contribution in [0, 0.1) is 0 Å². The van der Waals surface area contributed by atoms with Crippen LogP contribution >= 0.6 is 0 Å². The Labute approximate surface area is 528 Å². The van der Waals surface area contributed by atoms with Gasteiger partial charge in [-0.1, -0.05) is 250 Å². The first-order chi connectivity index (χ1) is 42.0. The van der Waals surface area contributed by atoms with Crippen molar-refractivity contribution in [2.24, 2.45) is 0 Å². The van der Waals surface area contributed by atoms with Crippen LogP contribution in [0.5, 0.6) is 0 Å². The lowest BCUT2D eigenvalue weighted by atomic mass is 10.1. The zero-order valence-electron chi connectivity index (χ0n) is 56.3. The molecular weight excluding hydrogens is 1080 g/mol. The quantitative estimate of drug-likeness (QED) is 0.0230. The third-order valence-electron chi connectivity index (χ3n) is 16.3. The van der Waals surface area contributed by atoms with Gasteiger partial charge in [-0.25, -0.2) is 0 Å². The van der Waals surface area contributed by atoms with E-state index in [-0.39, 0.29) is 80.8 Å². The molecule has 0 aliphatic heterocycles. The number of aliphatic hydroxyl groups excluding tert-OH is 3. The Morgan fingerprint density at radius 1 is 0.279 bits per heavy atom. The van der Waals surface area contributed by atoms with E-state index in [2.05, 4.69) is 76.3 Å². The zero-order valence-corrected chi connectivity index (χ0v) is 56.3. The molecule has 0 amide bonds. The van der Waals surface area contributed by atoms with E-state index in [4.69, 9.17) is 18.9 Å². The van der Waals surface area contributed by atoms with Gasteiger partial charge in [-0.15, -0.1) is 0 Å². The molecule has 0 rings (SSSR count). The molecule has 0 aromatic heterocycles. The average molecular weight is 1210 g/mol. The zero-order chi connectivity index (χ0) is 62.9. The van der Waals surface area contributed by atoms with Crippen molar-refractivity contribution in [2.75, 3.05) is 13.2 Å². The molecule has 0 radical (unpaired) electrons. The van der Waals surface area contributed by atoms with Crippen LogP contribution in [0.25, 0.3) is 0 Å². The molecule has 502 valence electrons. The van der Waals surface area contributed by atoms with Gasteiger partial charge in [0, 0.05) is 32.1 Å². The molecule has 0 aliphatic rings. The highest BCUT2D eigenvalue weighted by atomic mass is 16.6. The molecule has 0 saturated heterocycles. The summed E-state index contributed by atoms with van der Waals surface area (Å²) in [5.74, 6) is -1.14. The van der Waals surface area contributed by atoms with Crippen LogP contribution in [0.3, 0.4) is 0 Å². The minimum atomic E-state index is -0.857. The van der Waals surface area contributed by atoms with Gasteiger partial charge < -0.3 is 34.3 Å². The Kier molecular flexibility index (Phi) is 63.6. The lowest BCUT2D eigenvalue weighted by Gasteiger charge is -2.18. The molecule has 0 aliphatic carbocycles. The number of hydrogen-bond acceptors (Lipinski definition) is 11. The number of allylic oxidation sites excluding steroid dienone is 4. The van der Waals surface area contributed by atoms with E-state index in [0.29, 0.717) is 19.3 Å². The van der Waals surface area contributed by atoms with Crippen molar-refractivity contribution in [2.45, 2.75) is 392 Å². The van der Waals surface area contributed by atoms with Gasteiger partial charge in [-0.3, -0.25) is 19.2 Å². The van der Waals surface area contributed by atoms with E-state index in [1.54, 1.807) is 0 Å². The summed E-state index contributed by atoms with van der Waals surface area (Å²) >= 11 is 0. The smallest absolute Gasteiger partial charge is 0.306 e. The molecule has 0 fully saturated rings. The predicted molar refractivity (Wildman–Crippen MR) is 359 cm³/mol. The number of carbonyl (C=O) groups is 4. The van der Waals surface area contributed by atoms with Crippen molar-refractivity contribution < 1.29 is 53.4 Å². The highest BCUT2D eigenvalue weighted by molar-refractivity contribution is 5.71. The lowest BCUT2D eigenvalue weighted by Crippen LogP contribution is -2.30. The van der Waals surface area contributed by atoms with Crippen molar-refractivity contribution in [3.05, 3.63) is 48.6 Å². The summed E-state index contributed by atoms with van der Waals surface area (Å²) in [5.41, 5.74) is 0. The minimum Gasteiger partial charge on any atom is -0.462 e. The summed E-state index contributed by atoms with van der Waals surface area (Å²) in [4.78, 5) is 51.4. The highest BCUT2D eigenvalue weighted by Gasteiger charge is 2.20. The first-order valence-corrected chi connectivity index (χ1v) is 36.4. The Hall–Kier alpha value is -3.28. The van der Waals surface area contributed by atoms with Crippen LogP contribution in [0.15, 0.2) is 48.6 Å². The summed E-state index contributed by atoms with van der Waals surface area (Å²) in [5, 5.41) is 30.5. The summed E-state index contributed by atoms with van der Waals surface area (Å²) in [6, 6.07) is 0. The molecule has 11 nitrogen and oxygen atoms in total. The van der Waals surface area contributed by atoms with Gasteiger partial charge in [0.25, 0.3) is 0 Å². The molecule has 11 heteroatoms. The second kappa shape index (κ2) is 66.1. The number of hydrogen-bond donors (Lipinski definition) is 3. The fourth-order valence-corrected chi connectivity index (χ4v) is 10.6. The lowest BCUT2D eigenvalue weighted by molar-refractivity contribution is -0.167. The van der Waals surface area contributed by atoms with E-state index < -0.39 is 6.10 Å². The van der Waals surface area contributed by atoms with Crippen LogP contribution in [0.1, 0.15) is 362 Å². The standard InChI is InChI=1S/C75H136O11/c1-5-9-13-41-53-67(76)56-44-33-25-17-21-29-37-49-61-72(79)83-65-71(86-75(82)64-52-40-32-23-19-27-35-46-58-69(78)55-43-15-11-7-3)66-84-73(80)62-50-38-30-24-20-28-36-48-60-70(59-47-16-12-8-4)85-74(81)63-51-39-31-22-18-26-34-45-57-68(77)54-42-14-10-6-2/h33-36,44-46,48,67-71,76-78H,5-32,37-43,47,49-66H2,1-4H3/b44-33-,45-34-,46-35-,48-36-/t67-,68-,69-,70-,71?/m1/s1. The number of carbonyl (C=O) groups excluding carboxylic acids is 4. The number of ether oxygens (including phenoxy) is 4. The molecule has 0 heterocycles. The van der Waals surface area contributed by atoms with Gasteiger partial charge in [0.2, 0.25) is 0 Å². The molecule has 86 heavy (non-hydrogen) atoms. The van der Waals surface area contributed by atoms with E-state index in [0.717, 1.165) is 225 Å². The molecule has 0 aromatic carbocycles. The number of rotatable bonds is 66. The van der Waals surface area contributed by atoms with Gasteiger partial charge >= 0.3 is 23.9 Å². The number of aliphatic hydroxyl groups is 3. The Bertz CT molecular complexity index is 1620. The monoisotopic (exact) mass is 1210 g/mol. The largest absolute Gasteiger partial charge is 0.462 e. The minimum absolute atomic E-state index is 0.0674. The van der Waals surface area contributed by atoms with Gasteiger partial charge in [-0.05, 0) is 128 Å². The summed E-state index contributed by atoms with van der Waals surface area (Å²) in [6.45, 7) is 8.52. The second-order valence-electron chi connectivity index (χ2n) is 25.0. The number of esters is 4. The normalized spacial score (nSPS) is 13.7. The van der Waals surface area contributed by atoms with Crippen molar-refractivity contribution in [3.8, 4) is 0 Å². The van der Waals surface area contributed by atoms with E-state index in [1.807, 2.05) is 0 Å². The maximum Gasteiger partial charge on any atom is 0.306 e. The first-order valence-electron chi connectivity index (χ1n) is 36.4. The summed E-state index contributed by atoms with van der Waals surface area (Å²) in [7, 11) is 0. The molecular formula is C75H136O11. The Balaban J connectivity index is 4.71. The molecule has 0 saturated carbocycles. The van der Waals surface area contributed by atoms with E-state index in [1.165, 1.54) is 70.6 Å². The second-order valence-corrected chi connectivity index (χ2v) is 25.0. The predicted octanol–water partition coefficient (Wildman–Crippen LogP) is 20.6. The van der Waals surface area contributed by atoms with Gasteiger partial charge in [0.15, 0.2) is 6.10 Å². The number of unbranched alkanes of at least 4 members (excludes halogenated alkanes) is 32. The van der Waals surface area contributed by atoms with Gasteiger partial charge in [0.1, 0.15) is 19.3 Å². The van der Waals surface area contributed by atoms with Crippen molar-refractivity contribution in [3.63, 3.8) is 0 Å². The van der Waals surface area contributed by atoms with Crippen molar-refractivity contribution in [1.29, 1.82) is 0 Å². The summed E-state index contributed by atoms with van der Waals surface area (Å²) in [6.07, 6.45) is 66.1. The Morgan fingerprint density at radius 2 is 0.535 bits per heavy atom. The van der Waals surface area contributed by atoms with E-state index >= 15 is 0 Å². The molecule has 5 atom stereocenters.